The van der Waals surface area contributed by atoms with E-state index >= 15 is 0 Å². The van der Waals surface area contributed by atoms with E-state index in [1.54, 1.807) is 25.1 Å². The molecule has 0 radical (unpaired) electrons. The summed E-state index contributed by atoms with van der Waals surface area (Å²) in [5.41, 5.74) is 1.39. The van der Waals surface area contributed by atoms with Gasteiger partial charge < -0.3 is 10.1 Å². The molecule has 6 nitrogen and oxygen atoms in total. The maximum Gasteiger partial charge on any atom is 0.261 e. The lowest BCUT2D eigenvalue weighted by Gasteiger charge is -2.15. The summed E-state index contributed by atoms with van der Waals surface area (Å²) in [6.07, 6.45) is 0. The predicted octanol–water partition coefficient (Wildman–Crippen LogP) is 6.02. The quantitative estimate of drug-likeness (QED) is 0.434. The van der Waals surface area contributed by atoms with E-state index in [2.05, 4.69) is 10.0 Å². The molecule has 0 aromatic heterocycles. The topological polar surface area (TPSA) is 84.5 Å². The molecule has 0 fully saturated rings. The number of rotatable bonds is 6. The number of halogens is 3. The lowest BCUT2D eigenvalue weighted by molar-refractivity contribution is 0.102. The van der Waals surface area contributed by atoms with Crippen molar-refractivity contribution in [2.75, 3.05) is 17.1 Å². The maximum atomic E-state index is 12.9. The van der Waals surface area contributed by atoms with Gasteiger partial charge in [0.05, 0.1) is 34.0 Å². The first kappa shape index (κ1) is 23.2. The zero-order chi connectivity index (χ0) is 22.8. The molecule has 1 amide bonds. The van der Waals surface area contributed by atoms with E-state index in [-0.39, 0.29) is 26.9 Å². The fraction of sp³-hybridized carbons (Fsp3) is 0.0952. The minimum absolute atomic E-state index is 0.0693. The van der Waals surface area contributed by atoms with Gasteiger partial charge in [0.15, 0.2) is 0 Å². The third-order valence-corrected chi connectivity index (χ3v) is 6.48. The van der Waals surface area contributed by atoms with Crippen molar-refractivity contribution >= 4 is 62.1 Å². The molecule has 3 aromatic carbocycles. The summed E-state index contributed by atoms with van der Waals surface area (Å²) in [7, 11) is -2.55. The molecule has 0 aliphatic rings. The van der Waals surface area contributed by atoms with Crippen LogP contribution in [0.1, 0.15) is 15.9 Å². The fourth-order valence-electron chi connectivity index (χ4n) is 2.76. The SMILES string of the molecule is COc1ccc(S(=O)(=O)Nc2ccc(Cl)cc2C)cc1NC(=O)c1ccc(Cl)cc1Cl. The van der Waals surface area contributed by atoms with Crippen molar-refractivity contribution in [1.82, 2.24) is 0 Å². The molecule has 0 atom stereocenters. The van der Waals surface area contributed by atoms with Gasteiger partial charge in [-0.1, -0.05) is 34.8 Å². The Morgan fingerprint density at radius 3 is 2.23 bits per heavy atom. The van der Waals surface area contributed by atoms with Gasteiger partial charge in [0.25, 0.3) is 15.9 Å². The minimum Gasteiger partial charge on any atom is -0.495 e. The number of methoxy groups -OCH3 is 1. The van der Waals surface area contributed by atoms with Crippen LogP contribution < -0.4 is 14.8 Å². The molecule has 0 saturated heterocycles. The van der Waals surface area contributed by atoms with E-state index < -0.39 is 15.9 Å². The molecule has 162 valence electrons. The number of ether oxygens (including phenoxy) is 1. The fourth-order valence-corrected chi connectivity index (χ4v) is 4.64. The minimum atomic E-state index is -3.95. The molecule has 0 aliphatic carbocycles. The Morgan fingerprint density at radius 2 is 1.58 bits per heavy atom. The monoisotopic (exact) mass is 498 g/mol. The Labute approximate surface area is 195 Å². The molecular weight excluding hydrogens is 483 g/mol. The summed E-state index contributed by atoms with van der Waals surface area (Å²) < 4.78 is 33.6. The van der Waals surface area contributed by atoms with Crippen LogP contribution in [-0.4, -0.2) is 21.4 Å². The highest BCUT2D eigenvalue weighted by atomic mass is 35.5. The van der Waals surface area contributed by atoms with E-state index in [1.807, 2.05) is 0 Å². The van der Waals surface area contributed by atoms with Gasteiger partial charge in [-0.15, -0.1) is 0 Å². The normalized spacial score (nSPS) is 11.1. The molecule has 3 aromatic rings. The van der Waals surface area contributed by atoms with Gasteiger partial charge in [-0.3, -0.25) is 9.52 Å². The van der Waals surface area contributed by atoms with E-state index in [0.29, 0.717) is 21.3 Å². The molecule has 3 rings (SSSR count). The smallest absolute Gasteiger partial charge is 0.261 e. The number of hydrogen-bond donors (Lipinski definition) is 2. The van der Waals surface area contributed by atoms with Crippen LogP contribution in [0.4, 0.5) is 11.4 Å². The maximum absolute atomic E-state index is 12.9. The van der Waals surface area contributed by atoms with Crippen LogP contribution in [0.5, 0.6) is 5.75 Å². The number of nitrogens with one attached hydrogen (secondary N) is 2. The average molecular weight is 500 g/mol. The van der Waals surface area contributed by atoms with Gasteiger partial charge in [0.2, 0.25) is 0 Å². The van der Waals surface area contributed by atoms with Gasteiger partial charge >= 0.3 is 0 Å². The lowest BCUT2D eigenvalue weighted by atomic mass is 10.2. The van der Waals surface area contributed by atoms with Crippen LogP contribution in [0.25, 0.3) is 0 Å². The van der Waals surface area contributed by atoms with Crippen LogP contribution in [0, 0.1) is 6.92 Å². The number of carbonyl (C=O) groups excluding carboxylic acids is 1. The lowest BCUT2D eigenvalue weighted by Crippen LogP contribution is -2.16. The summed E-state index contributed by atoms with van der Waals surface area (Å²) in [6, 6.07) is 13.4. The van der Waals surface area contributed by atoms with Gasteiger partial charge in [0.1, 0.15) is 5.75 Å². The van der Waals surface area contributed by atoms with Gasteiger partial charge in [0, 0.05) is 10.0 Å². The van der Waals surface area contributed by atoms with E-state index in [9.17, 15) is 13.2 Å². The number of amides is 1. The highest BCUT2D eigenvalue weighted by Gasteiger charge is 2.20. The van der Waals surface area contributed by atoms with Crippen LogP contribution in [0.3, 0.4) is 0 Å². The molecule has 31 heavy (non-hydrogen) atoms. The molecule has 0 unspecified atom stereocenters. The van der Waals surface area contributed by atoms with Crippen molar-refractivity contribution in [2.24, 2.45) is 0 Å². The molecule has 0 spiro atoms. The molecule has 2 N–H and O–H groups in total. The highest BCUT2D eigenvalue weighted by Crippen LogP contribution is 2.31. The summed E-state index contributed by atoms with van der Waals surface area (Å²) in [5, 5.41) is 3.67. The second-order valence-corrected chi connectivity index (χ2v) is 9.47. The first-order valence-corrected chi connectivity index (χ1v) is 11.5. The third-order valence-electron chi connectivity index (χ3n) is 4.34. The van der Waals surface area contributed by atoms with E-state index in [4.69, 9.17) is 39.5 Å². The number of benzene rings is 3. The molecule has 0 aliphatic heterocycles. The largest absolute Gasteiger partial charge is 0.495 e. The summed E-state index contributed by atoms with van der Waals surface area (Å²) >= 11 is 17.9. The van der Waals surface area contributed by atoms with Crippen LogP contribution >= 0.6 is 34.8 Å². The molecule has 0 saturated carbocycles. The summed E-state index contributed by atoms with van der Waals surface area (Å²) in [6.45, 7) is 1.74. The van der Waals surface area contributed by atoms with Gasteiger partial charge in [-0.25, -0.2) is 8.42 Å². The number of sulfonamides is 1. The van der Waals surface area contributed by atoms with Crippen LogP contribution in [0.15, 0.2) is 59.5 Å². The van der Waals surface area contributed by atoms with Crippen LogP contribution in [-0.2, 0) is 10.0 Å². The van der Waals surface area contributed by atoms with Crippen molar-refractivity contribution in [3.8, 4) is 5.75 Å². The first-order chi connectivity index (χ1) is 14.6. The standard InChI is InChI=1S/C21H17Cl3N2O4S/c1-12-9-13(22)4-7-18(12)26-31(28,29)15-5-8-20(30-2)19(11-15)25-21(27)16-6-3-14(23)10-17(16)24/h3-11,26H,1-2H3,(H,25,27). The molecule has 0 heterocycles. The molecule has 10 heteroatoms. The zero-order valence-electron chi connectivity index (χ0n) is 16.4. The Bertz CT molecular complexity index is 1260. The van der Waals surface area contributed by atoms with E-state index in [0.717, 1.165) is 0 Å². The number of aryl methyl sites for hydroxylation is 1. The predicted molar refractivity (Wildman–Crippen MR) is 124 cm³/mol. The van der Waals surface area contributed by atoms with Crippen molar-refractivity contribution in [3.05, 3.63) is 80.8 Å². The second-order valence-electron chi connectivity index (χ2n) is 6.51. The van der Waals surface area contributed by atoms with Crippen molar-refractivity contribution in [1.29, 1.82) is 0 Å². The Hall–Kier alpha value is -2.45. The van der Waals surface area contributed by atoms with Crippen molar-refractivity contribution in [3.63, 3.8) is 0 Å². The summed E-state index contributed by atoms with van der Waals surface area (Å²) in [5.74, 6) is -0.268. The number of carbonyl (C=O) groups is 1. The Balaban J connectivity index is 1.93. The third kappa shape index (κ3) is 5.43. The van der Waals surface area contributed by atoms with E-state index in [1.165, 1.54) is 43.5 Å². The highest BCUT2D eigenvalue weighted by molar-refractivity contribution is 7.92. The Morgan fingerprint density at radius 1 is 0.903 bits per heavy atom. The number of hydrogen-bond acceptors (Lipinski definition) is 4. The van der Waals surface area contributed by atoms with Crippen LogP contribution in [0.2, 0.25) is 15.1 Å². The number of anilines is 2. The zero-order valence-corrected chi connectivity index (χ0v) is 19.5. The average Bonchev–Trinajstić information content (AvgIpc) is 2.70. The first-order valence-electron chi connectivity index (χ1n) is 8.84. The summed E-state index contributed by atoms with van der Waals surface area (Å²) in [4.78, 5) is 12.6. The Kier molecular flexibility index (Phi) is 7.01. The second kappa shape index (κ2) is 9.36. The molecule has 0 bridgehead atoms. The van der Waals surface area contributed by atoms with Crippen molar-refractivity contribution in [2.45, 2.75) is 11.8 Å². The van der Waals surface area contributed by atoms with Crippen molar-refractivity contribution < 1.29 is 17.9 Å². The molecular formula is C21H17Cl3N2O4S. The van der Waals surface area contributed by atoms with Gasteiger partial charge in [-0.05, 0) is 67.1 Å². The van der Waals surface area contributed by atoms with Gasteiger partial charge in [-0.2, -0.15) is 0 Å².